The van der Waals surface area contributed by atoms with Gasteiger partial charge in [0.25, 0.3) is 0 Å². The number of thiol groups is 1. The van der Waals surface area contributed by atoms with E-state index in [0.717, 1.165) is 13.0 Å². The standard InChI is InChI=1S/C11H21NO2S/c1-8-5-6-12(9(8)7-15)10(13)14-11(2,3)4/h8-9,15H,5-7H2,1-4H3. The van der Waals surface area contributed by atoms with Crippen molar-refractivity contribution in [1.29, 1.82) is 0 Å². The fourth-order valence-corrected chi connectivity index (χ4v) is 2.39. The zero-order chi connectivity index (χ0) is 11.6. The first-order chi connectivity index (χ1) is 6.85. The Morgan fingerprint density at radius 3 is 2.60 bits per heavy atom. The molecule has 1 amide bonds. The van der Waals surface area contributed by atoms with Crippen LogP contribution in [0.1, 0.15) is 34.1 Å². The van der Waals surface area contributed by atoms with Crippen LogP contribution in [0.3, 0.4) is 0 Å². The van der Waals surface area contributed by atoms with Gasteiger partial charge in [-0.2, -0.15) is 12.6 Å². The fraction of sp³-hybridized carbons (Fsp3) is 0.909. The smallest absolute Gasteiger partial charge is 0.410 e. The molecule has 0 aromatic carbocycles. The molecule has 1 fully saturated rings. The van der Waals surface area contributed by atoms with Crippen LogP contribution < -0.4 is 0 Å². The molecule has 0 N–H and O–H groups in total. The molecule has 0 aromatic rings. The molecule has 15 heavy (non-hydrogen) atoms. The number of ether oxygens (including phenoxy) is 1. The highest BCUT2D eigenvalue weighted by Crippen LogP contribution is 2.26. The Labute approximate surface area is 97.6 Å². The van der Waals surface area contributed by atoms with Crippen molar-refractivity contribution in [1.82, 2.24) is 4.90 Å². The minimum atomic E-state index is -0.413. The van der Waals surface area contributed by atoms with Gasteiger partial charge in [0.15, 0.2) is 0 Å². The lowest BCUT2D eigenvalue weighted by molar-refractivity contribution is 0.0229. The van der Waals surface area contributed by atoms with Gasteiger partial charge in [-0.25, -0.2) is 4.79 Å². The van der Waals surface area contributed by atoms with Crippen molar-refractivity contribution in [3.05, 3.63) is 0 Å². The predicted octanol–water partition coefficient (Wildman–Crippen LogP) is 2.56. The number of likely N-dealkylation sites (tertiary alicyclic amines) is 1. The summed E-state index contributed by atoms with van der Waals surface area (Å²) >= 11 is 4.29. The summed E-state index contributed by atoms with van der Waals surface area (Å²) in [6.45, 7) is 8.62. The van der Waals surface area contributed by atoms with Gasteiger partial charge >= 0.3 is 6.09 Å². The topological polar surface area (TPSA) is 29.5 Å². The van der Waals surface area contributed by atoms with Gasteiger partial charge in [0.05, 0.1) is 0 Å². The van der Waals surface area contributed by atoms with Crippen molar-refractivity contribution in [3.63, 3.8) is 0 Å². The number of hydrogen-bond acceptors (Lipinski definition) is 3. The van der Waals surface area contributed by atoms with Crippen molar-refractivity contribution in [2.24, 2.45) is 5.92 Å². The van der Waals surface area contributed by atoms with Crippen molar-refractivity contribution >= 4 is 18.7 Å². The Hall–Kier alpha value is -0.380. The number of amides is 1. The van der Waals surface area contributed by atoms with E-state index < -0.39 is 5.60 Å². The summed E-state index contributed by atoms with van der Waals surface area (Å²) in [6.07, 6.45) is 0.843. The Morgan fingerprint density at radius 2 is 2.13 bits per heavy atom. The monoisotopic (exact) mass is 231 g/mol. The average Bonchev–Trinajstić information content (AvgIpc) is 2.43. The molecular formula is C11H21NO2S. The van der Waals surface area contributed by atoms with Crippen LogP contribution in [0.25, 0.3) is 0 Å². The minimum Gasteiger partial charge on any atom is -0.444 e. The second kappa shape index (κ2) is 4.64. The molecule has 3 nitrogen and oxygen atoms in total. The third-order valence-electron chi connectivity index (χ3n) is 2.70. The maximum absolute atomic E-state index is 11.8. The maximum Gasteiger partial charge on any atom is 0.410 e. The van der Waals surface area contributed by atoms with Gasteiger partial charge in [-0.3, -0.25) is 0 Å². The molecule has 4 heteroatoms. The lowest BCUT2D eigenvalue weighted by Gasteiger charge is -2.29. The molecule has 1 rings (SSSR count). The Morgan fingerprint density at radius 1 is 1.53 bits per heavy atom. The number of carbonyl (C=O) groups excluding carboxylic acids is 1. The van der Waals surface area contributed by atoms with Gasteiger partial charge in [0.1, 0.15) is 5.60 Å². The van der Waals surface area contributed by atoms with Crippen LogP contribution in [0.5, 0.6) is 0 Å². The molecule has 1 aliphatic rings. The van der Waals surface area contributed by atoms with E-state index in [1.54, 1.807) is 0 Å². The first-order valence-corrected chi connectivity index (χ1v) is 6.09. The molecule has 0 bridgehead atoms. The molecule has 1 saturated heterocycles. The van der Waals surface area contributed by atoms with Gasteiger partial charge in [0, 0.05) is 18.3 Å². The SMILES string of the molecule is CC1CCN(C(=O)OC(C)(C)C)C1CS. The maximum atomic E-state index is 11.8. The van der Waals surface area contributed by atoms with Crippen LogP contribution in [0, 0.1) is 5.92 Å². The molecule has 1 heterocycles. The summed E-state index contributed by atoms with van der Waals surface area (Å²) in [7, 11) is 0. The van der Waals surface area contributed by atoms with E-state index in [9.17, 15) is 4.79 Å². The van der Waals surface area contributed by atoms with E-state index >= 15 is 0 Å². The molecule has 0 saturated carbocycles. The van der Waals surface area contributed by atoms with Crippen molar-refractivity contribution < 1.29 is 9.53 Å². The molecule has 2 atom stereocenters. The zero-order valence-electron chi connectivity index (χ0n) is 9.99. The molecule has 0 aromatic heterocycles. The van der Waals surface area contributed by atoms with Crippen molar-refractivity contribution in [2.45, 2.75) is 45.8 Å². The fourth-order valence-electron chi connectivity index (χ4n) is 1.83. The van der Waals surface area contributed by atoms with Crippen LogP contribution in [0.4, 0.5) is 4.79 Å². The largest absolute Gasteiger partial charge is 0.444 e. The molecule has 88 valence electrons. The van der Waals surface area contributed by atoms with E-state index in [1.165, 1.54) is 0 Å². The molecule has 2 unspecified atom stereocenters. The Bertz CT molecular complexity index is 237. The van der Waals surface area contributed by atoms with Crippen LogP contribution in [0.2, 0.25) is 0 Å². The van der Waals surface area contributed by atoms with Crippen LogP contribution in [-0.4, -0.2) is 34.9 Å². The molecule has 0 radical (unpaired) electrons. The summed E-state index contributed by atoms with van der Waals surface area (Å²) in [5.74, 6) is 1.23. The van der Waals surface area contributed by atoms with Crippen LogP contribution >= 0.6 is 12.6 Å². The highest BCUT2D eigenvalue weighted by Gasteiger charge is 2.35. The minimum absolute atomic E-state index is 0.203. The number of nitrogens with zero attached hydrogens (tertiary/aromatic N) is 1. The number of rotatable bonds is 1. The van der Waals surface area contributed by atoms with Gasteiger partial charge in [-0.1, -0.05) is 6.92 Å². The molecule has 0 spiro atoms. The van der Waals surface area contributed by atoms with Gasteiger partial charge in [-0.15, -0.1) is 0 Å². The second-order valence-corrected chi connectivity index (χ2v) is 5.55. The predicted molar refractivity (Wildman–Crippen MR) is 64.4 cm³/mol. The van der Waals surface area contributed by atoms with E-state index in [-0.39, 0.29) is 12.1 Å². The van der Waals surface area contributed by atoms with E-state index in [4.69, 9.17) is 4.74 Å². The lowest BCUT2D eigenvalue weighted by Crippen LogP contribution is -2.42. The lowest BCUT2D eigenvalue weighted by atomic mass is 10.1. The molecular weight excluding hydrogens is 210 g/mol. The highest BCUT2D eigenvalue weighted by molar-refractivity contribution is 7.80. The van der Waals surface area contributed by atoms with Crippen molar-refractivity contribution in [2.75, 3.05) is 12.3 Å². The van der Waals surface area contributed by atoms with E-state index in [2.05, 4.69) is 19.6 Å². The first kappa shape index (κ1) is 12.7. The normalized spacial score (nSPS) is 26.9. The first-order valence-electron chi connectivity index (χ1n) is 5.45. The Kier molecular flexibility index (Phi) is 3.93. The third-order valence-corrected chi connectivity index (χ3v) is 3.07. The van der Waals surface area contributed by atoms with Crippen LogP contribution in [-0.2, 0) is 4.74 Å². The summed E-state index contributed by atoms with van der Waals surface area (Å²) < 4.78 is 5.36. The van der Waals surface area contributed by atoms with E-state index in [1.807, 2.05) is 25.7 Å². The van der Waals surface area contributed by atoms with Gasteiger partial charge < -0.3 is 9.64 Å². The second-order valence-electron chi connectivity index (χ2n) is 5.19. The zero-order valence-corrected chi connectivity index (χ0v) is 10.9. The summed E-state index contributed by atoms with van der Waals surface area (Å²) in [4.78, 5) is 13.7. The van der Waals surface area contributed by atoms with Crippen molar-refractivity contribution in [3.8, 4) is 0 Å². The van der Waals surface area contributed by atoms with Gasteiger partial charge in [-0.05, 0) is 33.1 Å². The van der Waals surface area contributed by atoms with Crippen LogP contribution in [0.15, 0.2) is 0 Å². The quantitative estimate of drug-likeness (QED) is 0.703. The Balaban J connectivity index is 2.60. The third kappa shape index (κ3) is 3.30. The van der Waals surface area contributed by atoms with Gasteiger partial charge in [0.2, 0.25) is 0 Å². The average molecular weight is 231 g/mol. The molecule has 1 aliphatic heterocycles. The number of hydrogen-bond donors (Lipinski definition) is 1. The molecule has 0 aliphatic carbocycles. The van der Waals surface area contributed by atoms with E-state index in [0.29, 0.717) is 11.7 Å². The highest BCUT2D eigenvalue weighted by atomic mass is 32.1. The number of carbonyl (C=O) groups is 1. The summed E-state index contributed by atoms with van der Waals surface area (Å²) in [5.41, 5.74) is -0.413. The summed E-state index contributed by atoms with van der Waals surface area (Å²) in [5, 5.41) is 0. The summed E-state index contributed by atoms with van der Waals surface area (Å²) in [6, 6.07) is 0.225.